The molecule has 0 aromatic carbocycles. The minimum Gasteiger partial charge on any atom is -0.469 e. The van der Waals surface area contributed by atoms with Crippen LogP contribution in [0.2, 0.25) is 0 Å². The van der Waals surface area contributed by atoms with Crippen molar-refractivity contribution in [3.8, 4) is 0 Å². The van der Waals surface area contributed by atoms with Crippen LogP contribution in [0.1, 0.15) is 53.4 Å². The Kier molecular flexibility index (Phi) is 9.23. The van der Waals surface area contributed by atoms with Crippen LogP contribution in [-0.4, -0.2) is 67.9 Å². The molecule has 2 N–H and O–H groups in total. The van der Waals surface area contributed by atoms with Gasteiger partial charge < -0.3 is 25.0 Å². The first kappa shape index (κ1) is 22.1. The van der Waals surface area contributed by atoms with Crippen molar-refractivity contribution in [2.75, 3.05) is 33.3 Å². The molecule has 0 aromatic heterocycles. The first-order chi connectivity index (χ1) is 12.2. The average Bonchev–Trinajstić information content (AvgIpc) is 2.99. The lowest BCUT2D eigenvalue weighted by molar-refractivity contribution is -0.140. The average molecular weight is 370 g/mol. The SMILES string of the molecule is CCNC(=NCCCCC(=O)OC)N1CCC(NC(=O)OC(C)(C)C)C1. The van der Waals surface area contributed by atoms with Gasteiger partial charge in [0.05, 0.1) is 13.2 Å². The maximum absolute atomic E-state index is 11.9. The number of ether oxygens (including phenoxy) is 2. The molecule has 0 spiro atoms. The van der Waals surface area contributed by atoms with Crippen LogP contribution in [0.15, 0.2) is 4.99 Å². The maximum atomic E-state index is 11.9. The fourth-order valence-electron chi connectivity index (χ4n) is 2.64. The summed E-state index contributed by atoms with van der Waals surface area (Å²) in [6, 6.07) is 0.0491. The van der Waals surface area contributed by atoms with Gasteiger partial charge in [0.25, 0.3) is 0 Å². The monoisotopic (exact) mass is 370 g/mol. The summed E-state index contributed by atoms with van der Waals surface area (Å²) in [5.74, 6) is 0.663. The molecule has 0 radical (unpaired) electrons. The van der Waals surface area contributed by atoms with Crippen LogP contribution >= 0.6 is 0 Å². The normalized spacial score (nSPS) is 17.8. The Bertz CT molecular complexity index is 488. The second-order valence-electron chi connectivity index (χ2n) is 7.35. The Labute approximate surface area is 156 Å². The van der Waals surface area contributed by atoms with Crippen molar-refractivity contribution in [1.29, 1.82) is 0 Å². The highest BCUT2D eigenvalue weighted by Gasteiger charge is 2.27. The van der Waals surface area contributed by atoms with Crippen molar-refractivity contribution < 1.29 is 19.1 Å². The number of amides is 1. The van der Waals surface area contributed by atoms with Crippen molar-refractivity contribution in [1.82, 2.24) is 15.5 Å². The fourth-order valence-corrected chi connectivity index (χ4v) is 2.64. The van der Waals surface area contributed by atoms with Gasteiger partial charge >= 0.3 is 12.1 Å². The maximum Gasteiger partial charge on any atom is 0.407 e. The van der Waals surface area contributed by atoms with E-state index in [-0.39, 0.29) is 18.1 Å². The largest absolute Gasteiger partial charge is 0.469 e. The Morgan fingerprint density at radius 2 is 2.00 bits per heavy atom. The summed E-state index contributed by atoms with van der Waals surface area (Å²) in [6.45, 7) is 10.5. The van der Waals surface area contributed by atoms with Gasteiger partial charge in [-0.1, -0.05) is 0 Å². The number of carbonyl (C=O) groups is 2. The Hall–Kier alpha value is -1.99. The molecule has 1 heterocycles. The summed E-state index contributed by atoms with van der Waals surface area (Å²) in [6.07, 6.45) is 2.49. The highest BCUT2D eigenvalue weighted by atomic mass is 16.6. The van der Waals surface area contributed by atoms with E-state index in [0.717, 1.165) is 38.3 Å². The number of rotatable bonds is 7. The molecule has 150 valence electrons. The van der Waals surface area contributed by atoms with Crippen molar-refractivity contribution in [3.05, 3.63) is 0 Å². The van der Waals surface area contributed by atoms with Crippen LogP contribution in [0.5, 0.6) is 0 Å². The number of nitrogens with one attached hydrogen (secondary N) is 2. The minimum atomic E-state index is -0.497. The number of unbranched alkanes of at least 4 members (excludes halogenated alkanes) is 1. The molecule has 1 atom stereocenters. The van der Waals surface area contributed by atoms with Gasteiger partial charge in [0.1, 0.15) is 5.60 Å². The highest BCUT2D eigenvalue weighted by Crippen LogP contribution is 2.12. The second-order valence-corrected chi connectivity index (χ2v) is 7.35. The molecule has 0 aliphatic carbocycles. The molecule has 8 nitrogen and oxygen atoms in total. The number of methoxy groups -OCH3 is 1. The van der Waals surface area contributed by atoms with Gasteiger partial charge in [0.15, 0.2) is 5.96 Å². The molecule has 1 unspecified atom stereocenters. The van der Waals surface area contributed by atoms with Gasteiger partial charge in [0.2, 0.25) is 0 Å². The molecule has 1 saturated heterocycles. The second kappa shape index (κ2) is 10.9. The first-order valence-corrected chi connectivity index (χ1v) is 9.34. The summed E-state index contributed by atoms with van der Waals surface area (Å²) in [4.78, 5) is 29.8. The zero-order chi connectivity index (χ0) is 19.6. The minimum absolute atomic E-state index is 0.0491. The number of aliphatic imine (C=N–C) groups is 1. The third kappa shape index (κ3) is 8.92. The van der Waals surface area contributed by atoms with Gasteiger partial charge in [-0.15, -0.1) is 0 Å². The predicted molar refractivity (Wildman–Crippen MR) is 101 cm³/mol. The third-order valence-corrected chi connectivity index (χ3v) is 3.82. The zero-order valence-corrected chi connectivity index (χ0v) is 16.8. The molecule has 0 bridgehead atoms. The van der Waals surface area contributed by atoms with E-state index in [0.29, 0.717) is 19.5 Å². The molecule has 0 aromatic rings. The lowest BCUT2D eigenvalue weighted by Gasteiger charge is -2.23. The van der Waals surface area contributed by atoms with Crippen molar-refractivity contribution >= 4 is 18.0 Å². The van der Waals surface area contributed by atoms with Gasteiger partial charge in [-0.05, 0) is 47.0 Å². The van der Waals surface area contributed by atoms with E-state index in [9.17, 15) is 9.59 Å². The van der Waals surface area contributed by atoms with E-state index < -0.39 is 5.60 Å². The van der Waals surface area contributed by atoms with Crippen LogP contribution in [0.25, 0.3) is 0 Å². The van der Waals surface area contributed by atoms with Crippen LogP contribution in [0.3, 0.4) is 0 Å². The van der Waals surface area contributed by atoms with Gasteiger partial charge in [-0.2, -0.15) is 0 Å². The Morgan fingerprint density at radius 1 is 1.27 bits per heavy atom. The lowest BCUT2D eigenvalue weighted by atomic mass is 10.2. The lowest BCUT2D eigenvalue weighted by Crippen LogP contribution is -2.44. The van der Waals surface area contributed by atoms with Crippen molar-refractivity contribution in [2.45, 2.75) is 65.0 Å². The Morgan fingerprint density at radius 3 is 2.62 bits per heavy atom. The van der Waals surface area contributed by atoms with E-state index in [2.05, 4.69) is 25.3 Å². The number of alkyl carbamates (subject to hydrolysis) is 1. The van der Waals surface area contributed by atoms with E-state index in [1.807, 2.05) is 27.7 Å². The molecular weight excluding hydrogens is 336 g/mol. The predicted octanol–water partition coefficient (Wildman–Crippen LogP) is 1.89. The number of nitrogens with zero attached hydrogens (tertiary/aromatic N) is 2. The number of hydrogen-bond acceptors (Lipinski definition) is 5. The van der Waals surface area contributed by atoms with Crippen LogP contribution in [-0.2, 0) is 14.3 Å². The smallest absolute Gasteiger partial charge is 0.407 e. The number of hydrogen-bond donors (Lipinski definition) is 2. The summed E-state index contributed by atoms with van der Waals surface area (Å²) in [5.41, 5.74) is -0.497. The number of esters is 1. The number of guanidine groups is 1. The number of likely N-dealkylation sites (tertiary alicyclic amines) is 1. The molecule has 1 aliphatic heterocycles. The molecule has 26 heavy (non-hydrogen) atoms. The van der Waals surface area contributed by atoms with Crippen LogP contribution in [0.4, 0.5) is 4.79 Å². The first-order valence-electron chi connectivity index (χ1n) is 9.34. The Balaban J connectivity index is 2.44. The quantitative estimate of drug-likeness (QED) is 0.308. The van der Waals surface area contributed by atoms with Gasteiger partial charge in [-0.25, -0.2) is 4.79 Å². The molecule has 1 amide bonds. The van der Waals surface area contributed by atoms with Crippen molar-refractivity contribution in [3.63, 3.8) is 0 Å². The van der Waals surface area contributed by atoms with Crippen molar-refractivity contribution in [2.24, 2.45) is 4.99 Å². The molecule has 0 saturated carbocycles. The third-order valence-electron chi connectivity index (χ3n) is 3.82. The van der Waals surface area contributed by atoms with E-state index >= 15 is 0 Å². The summed E-state index contributed by atoms with van der Waals surface area (Å²) < 4.78 is 9.94. The zero-order valence-electron chi connectivity index (χ0n) is 16.8. The summed E-state index contributed by atoms with van der Waals surface area (Å²) in [7, 11) is 1.40. The molecular formula is C18H34N4O4. The summed E-state index contributed by atoms with van der Waals surface area (Å²) >= 11 is 0. The number of carbonyl (C=O) groups excluding carboxylic acids is 2. The van der Waals surface area contributed by atoms with Crippen LogP contribution < -0.4 is 10.6 Å². The van der Waals surface area contributed by atoms with Gasteiger partial charge in [0, 0.05) is 32.6 Å². The van der Waals surface area contributed by atoms with E-state index in [4.69, 9.17) is 4.74 Å². The molecule has 1 aliphatic rings. The molecule has 1 rings (SSSR count). The van der Waals surface area contributed by atoms with Gasteiger partial charge in [-0.3, -0.25) is 9.79 Å². The summed E-state index contributed by atoms with van der Waals surface area (Å²) in [5, 5.41) is 6.21. The van der Waals surface area contributed by atoms with E-state index in [1.165, 1.54) is 7.11 Å². The topological polar surface area (TPSA) is 92.3 Å². The molecule has 8 heteroatoms. The van der Waals surface area contributed by atoms with E-state index in [1.54, 1.807) is 0 Å². The highest BCUT2D eigenvalue weighted by molar-refractivity contribution is 5.80. The van der Waals surface area contributed by atoms with Crippen LogP contribution in [0, 0.1) is 0 Å². The standard InChI is InChI=1S/C18H34N4O4/c1-6-19-16(20-11-8-7-9-15(23)25-5)22-12-10-14(13-22)21-17(24)26-18(2,3)4/h14H,6-13H2,1-5H3,(H,19,20)(H,21,24). The fraction of sp³-hybridized carbons (Fsp3) is 0.833. The molecule has 1 fully saturated rings.